The summed E-state index contributed by atoms with van der Waals surface area (Å²) in [6, 6.07) is 0. The number of hydrogen-bond donors (Lipinski definition) is 2. The number of thiophene rings is 1. The fraction of sp³-hybridized carbons (Fsp3) is 0.533. The third-order valence-electron chi connectivity index (χ3n) is 3.75. The standard InChI is InChI=1S/C13H17N3S2.C2HF3O2/c1-17-13-15-11(14)10-8-6-4-2-3-5-7-9(8)18-12(10)16-13;3-2(4,5)1(6)7/h2-7H2,1H3,(H2,14,15,16);(H,6,7). The van der Waals surface area contributed by atoms with Gasteiger partial charge in [0.05, 0.1) is 5.39 Å². The lowest BCUT2D eigenvalue weighted by molar-refractivity contribution is -0.192. The van der Waals surface area contributed by atoms with E-state index in [0.29, 0.717) is 5.82 Å². The lowest BCUT2D eigenvalue weighted by atomic mass is 9.98. The molecule has 0 bridgehead atoms. The van der Waals surface area contributed by atoms with Gasteiger partial charge in [0.15, 0.2) is 5.16 Å². The molecule has 0 fully saturated rings. The van der Waals surface area contributed by atoms with Crippen LogP contribution in [-0.2, 0) is 17.6 Å². The second kappa shape index (κ2) is 8.22. The quantitative estimate of drug-likeness (QED) is 0.555. The molecule has 1 aliphatic rings. The molecule has 0 spiro atoms. The molecule has 2 aromatic rings. The number of nitrogens with zero attached hydrogens (tertiary/aromatic N) is 2. The van der Waals surface area contributed by atoms with Crippen molar-refractivity contribution in [1.29, 1.82) is 0 Å². The lowest BCUT2D eigenvalue weighted by Gasteiger charge is -2.09. The molecule has 0 aromatic carbocycles. The molecule has 0 radical (unpaired) electrons. The Morgan fingerprint density at radius 1 is 1.20 bits per heavy atom. The first kappa shape index (κ1) is 19.8. The highest BCUT2D eigenvalue weighted by Crippen LogP contribution is 2.37. The van der Waals surface area contributed by atoms with Crippen molar-refractivity contribution in [2.45, 2.75) is 49.9 Å². The van der Waals surface area contributed by atoms with E-state index in [0.717, 1.165) is 21.8 Å². The summed E-state index contributed by atoms with van der Waals surface area (Å²) in [6.45, 7) is 0. The number of alkyl halides is 3. The van der Waals surface area contributed by atoms with Crippen molar-refractivity contribution in [2.24, 2.45) is 0 Å². The Kier molecular flexibility index (Phi) is 6.50. The first-order valence-electron chi connectivity index (χ1n) is 7.66. The van der Waals surface area contributed by atoms with Gasteiger partial charge in [0, 0.05) is 4.88 Å². The van der Waals surface area contributed by atoms with E-state index in [1.807, 2.05) is 17.6 Å². The number of carboxylic acid groups (broad SMARTS) is 1. The molecule has 0 saturated carbocycles. The summed E-state index contributed by atoms with van der Waals surface area (Å²) in [5.41, 5.74) is 7.56. The molecule has 2 heterocycles. The van der Waals surface area contributed by atoms with Gasteiger partial charge in [-0.1, -0.05) is 24.6 Å². The number of fused-ring (bicyclic) bond motifs is 3. The Morgan fingerprint density at radius 3 is 2.36 bits per heavy atom. The van der Waals surface area contributed by atoms with E-state index in [1.165, 1.54) is 42.5 Å². The number of halogens is 3. The highest BCUT2D eigenvalue weighted by atomic mass is 32.2. The number of carboxylic acids is 1. The maximum Gasteiger partial charge on any atom is 0.490 e. The van der Waals surface area contributed by atoms with E-state index in [1.54, 1.807) is 11.8 Å². The van der Waals surface area contributed by atoms with Crippen molar-refractivity contribution in [2.75, 3.05) is 12.0 Å². The van der Waals surface area contributed by atoms with Gasteiger partial charge in [-0.05, 0) is 37.5 Å². The Balaban J connectivity index is 0.000000277. The summed E-state index contributed by atoms with van der Waals surface area (Å²) in [6.07, 6.45) is 4.48. The fourth-order valence-corrected chi connectivity index (χ4v) is 4.31. The molecule has 0 unspecified atom stereocenters. The largest absolute Gasteiger partial charge is 0.490 e. The highest BCUT2D eigenvalue weighted by Gasteiger charge is 2.38. The molecule has 0 saturated heterocycles. The number of hydrogen-bond acceptors (Lipinski definition) is 6. The van der Waals surface area contributed by atoms with Crippen LogP contribution < -0.4 is 5.73 Å². The topological polar surface area (TPSA) is 89.1 Å². The van der Waals surface area contributed by atoms with Crippen LogP contribution in [0.1, 0.15) is 36.1 Å². The van der Waals surface area contributed by atoms with Crippen LogP contribution in [0.5, 0.6) is 0 Å². The van der Waals surface area contributed by atoms with E-state index in [4.69, 9.17) is 15.6 Å². The predicted octanol–water partition coefficient (Wildman–Crippen LogP) is 4.29. The van der Waals surface area contributed by atoms with Gasteiger partial charge in [0.1, 0.15) is 10.6 Å². The minimum atomic E-state index is -5.08. The van der Waals surface area contributed by atoms with Crippen molar-refractivity contribution >= 4 is 45.1 Å². The van der Waals surface area contributed by atoms with Crippen LogP contribution in [0.25, 0.3) is 10.2 Å². The van der Waals surface area contributed by atoms with Gasteiger partial charge in [-0.3, -0.25) is 0 Å². The zero-order valence-electron chi connectivity index (χ0n) is 13.5. The van der Waals surface area contributed by atoms with E-state index in [9.17, 15) is 13.2 Å². The average Bonchev–Trinajstić information content (AvgIpc) is 2.84. The van der Waals surface area contributed by atoms with E-state index >= 15 is 0 Å². The Bertz CT molecular complexity index is 763. The number of anilines is 1. The van der Waals surface area contributed by atoms with Gasteiger partial charge in [-0.15, -0.1) is 11.3 Å². The summed E-state index contributed by atoms with van der Waals surface area (Å²) in [4.78, 5) is 20.5. The first-order chi connectivity index (χ1) is 11.7. The SMILES string of the molecule is CSc1nc(N)c2c3c(sc2n1)CCCCCC3.O=C(O)C(F)(F)F. The van der Waals surface area contributed by atoms with Gasteiger partial charge in [-0.2, -0.15) is 13.2 Å². The monoisotopic (exact) mass is 393 g/mol. The second-order valence-corrected chi connectivity index (χ2v) is 7.35. The number of aryl methyl sites for hydroxylation is 2. The molecule has 5 nitrogen and oxygen atoms in total. The van der Waals surface area contributed by atoms with E-state index < -0.39 is 12.1 Å². The zero-order valence-corrected chi connectivity index (χ0v) is 15.2. The van der Waals surface area contributed by atoms with Gasteiger partial charge in [0.25, 0.3) is 0 Å². The number of rotatable bonds is 1. The van der Waals surface area contributed by atoms with Gasteiger partial charge >= 0.3 is 12.1 Å². The molecule has 2 aromatic heterocycles. The minimum Gasteiger partial charge on any atom is -0.475 e. The molecule has 3 rings (SSSR count). The molecule has 10 heteroatoms. The molecule has 1 aliphatic carbocycles. The Labute approximate surface area is 150 Å². The molecule has 0 amide bonds. The number of carbonyl (C=O) groups is 1. The summed E-state index contributed by atoms with van der Waals surface area (Å²) in [5, 5.41) is 9.05. The number of aromatic nitrogens is 2. The van der Waals surface area contributed by atoms with Gasteiger partial charge in [-0.25, -0.2) is 14.8 Å². The van der Waals surface area contributed by atoms with Crippen LogP contribution in [0.15, 0.2) is 5.16 Å². The zero-order chi connectivity index (χ0) is 18.6. The molecule has 25 heavy (non-hydrogen) atoms. The summed E-state index contributed by atoms with van der Waals surface area (Å²) >= 11 is 3.38. The van der Waals surface area contributed by atoms with Crippen molar-refractivity contribution in [3.05, 3.63) is 10.4 Å². The number of nitrogen functional groups attached to an aromatic ring is 1. The molecule has 0 aliphatic heterocycles. The van der Waals surface area contributed by atoms with Crippen LogP contribution in [-0.4, -0.2) is 33.5 Å². The smallest absolute Gasteiger partial charge is 0.475 e. The third-order valence-corrected chi connectivity index (χ3v) is 5.48. The Hall–Kier alpha value is -1.55. The van der Waals surface area contributed by atoms with E-state index in [2.05, 4.69) is 9.97 Å². The normalized spacial score (nSPS) is 14.9. The lowest BCUT2D eigenvalue weighted by Crippen LogP contribution is -2.21. The highest BCUT2D eigenvalue weighted by molar-refractivity contribution is 7.98. The number of nitrogens with two attached hydrogens (primary N) is 1. The second-order valence-electron chi connectivity index (χ2n) is 5.50. The van der Waals surface area contributed by atoms with Crippen molar-refractivity contribution in [3.63, 3.8) is 0 Å². The maximum absolute atomic E-state index is 10.6. The maximum atomic E-state index is 10.6. The minimum absolute atomic E-state index is 0.669. The van der Waals surface area contributed by atoms with Gasteiger partial charge < -0.3 is 10.8 Å². The van der Waals surface area contributed by atoms with Gasteiger partial charge in [0.2, 0.25) is 0 Å². The molecule has 3 N–H and O–H groups in total. The summed E-state index contributed by atoms with van der Waals surface area (Å²) < 4.78 is 31.7. The number of aliphatic carboxylic acids is 1. The third kappa shape index (κ3) is 4.97. The van der Waals surface area contributed by atoms with Crippen LogP contribution in [0.4, 0.5) is 19.0 Å². The molecule has 138 valence electrons. The number of thioether (sulfide) groups is 1. The fourth-order valence-electron chi connectivity index (χ4n) is 2.61. The van der Waals surface area contributed by atoms with E-state index in [-0.39, 0.29) is 0 Å². The molecule has 0 atom stereocenters. The predicted molar refractivity (Wildman–Crippen MR) is 93.2 cm³/mol. The van der Waals surface area contributed by atoms with Crippen LogP contribution in [0, 0.1) is 0 Å². The van der Waals surface area contributed by atoms with Crippen LogP contribution >= 0.6 is 23.1 Å². The van der Waals surface area contributed by atoms with Crippen molar-refractivity contribution < 1.29 is 23.1 Å². The average molecular weight is 393 g/mol. The summed E-state index contributed by atoms with van der Waals surface area (Å²) in [5.74, 6) is -2.09. The molecular formula is C15H18F3N3O2S2. The first-order valence-corrected chi connectivity index (χ1v) is 9.70. The molecular weight excluding hydrogens is 375 g/mol. The Morgan fingerprint density at radius 2 is 1.80 bits per heavy atom. The van der Waals surface area contributed by atoms with Crippen LogP contribution in [0.2, 0.25) is 0 Å². The summed E-state index contributed by atoms with van der Waals surface area (Å²) in [7, 11) is 0. The van der Waals surface area contributed by atoms with Crippen molar-refractivity contribution in [3.8, 4) is 0 Å². The van der Waals surface area contributed by atoms with Crippen molar-refractivity contribution in [1.82, 2.24) is 9.97 Å². The van der Waals surface area contributed by atoms with Crippen LogP contribution in [0.3, 0.4) is 0 Å².